The van der Waals surface area contributed by atoms with Crippen molar-refractivity contribution < 1.29 is 0 Å². The normalized spacial score (nSPS) is 15.2. The largest absolute Gasteiger partial charge is 0.399 e. The Labute approximate surface area is 118 Å². The van der Waals surface area contributed by atoms with Gasteiger partial charge in [-0.1, -0.05) is 46.8 Å². The van der Waals surface area contributed by atoms with Crippen LogP contribution in [0.15, 0.2) is 24.3 Å². The number of nitrogen functional groups attached to an aromatic ring is 1. The van der Waals surface area contributed by atoms with E-state index in [1.54, 1.807) is 0 Å². The topological polar surface area (TPSA) is 38.0 Å². The van der Waals surface area contributed by atoms with Gasteiger partial charge in [0.05, 0.1) is 0 Å². The third-order valence-corrected chi connectivity index (χ3v) is 4.19. The van der Waals surface area contributed by atoms with Gasteiger partial charge in [0.1, 0.15) is 0 Å². The van der Waals surface area contributed by atoms with Crippen molar-refractivity contribution in [3.8, 4) is 0 Å². The molecule has 1 aromatic rings. The van der Waals surface area contributed by atoms with Gasteiger partial charge in [-0.05, 0) is 54.5 Å². The van der Waals surface area contributed by atoms with Crippen LogP contribution in [0.25, 0.3) is 0 Å². The lowest BCUT2D eigenvalue weighted by molar-refractivity contribution is 0.252. The van der Waals surface area contributed by atoms with Crippen LogP contribution in [0.5, 0.6) is 0 Å². The molecule has 108 valence electrons. The molecule has 0 aliphatic carbocycles. The van der Waals surface area contributed by atoms with Gasteiger partial charge in [0.2, 0.25) is 0 Å². The highest BCUT2D eigenvalue weighted by Crippen LogP contribution is 2.24. The highest BCUT2D eigenvalue weighted by atomic mass is 14.9. The van der Waals surface area contributed by atoms with E-state index in [-0.39, 0.29) is 0 Å². The maximum atomic E-state index is 5.71. The molecule has 2 nitrogen and oxygen atoms in total. The third-order valence-electron chi connectivity index (χ3n) is 4.19. The van der Waals surface area contributed by atoms with Crippen LogP contribution in [-0.2, 0) is 0 Å². The molecule has 0 aromatic heterocycles. The molecule has 2 atom stereocenters. The van der Waals surface area contributed by atoms with E-state index in [9.17, 15) is 0 Å². The second-order valence-corrected chi connectivity index (χ2v) is 6.83. The van der Waals surface area contributed by atoms with Gasteiger partial charge in [-0.15, -0.1) is 0 Å². The van der Waals surface area contributed by atoms with Crippen LogP contribution >= 0.6 is 0 Å². The highest BCUT2D eigenvalue weighted by molar-refractivity contribution is 5.40. The summed E-state index contributed by atoms with van der Waals surface area (Å²) in [7, 11) is 0. The summed E-state index contributed by atoms with van der Waals surface area (Å²) < 4.78 is 0. The zero-order valence-electron chi connectivity index (χ0n) is 13.2. The summed E-state index contributed by atoms with van der Waals surface area (Å²) in [6.07, 6.45) is 1.17. The van der Waals surface area contributed by atoms with E-state index in [0.717, 1.165) is 18.8 Å². The van der Waals surface area contributed by atoms with Crippen LogP contribution in [0.4, 0.5) is 5.69 Å². The van der Waals surface area contributed by atoms with E-state index in [1.807, 2.05) is 12.1 Å². The van der Waals surface area contributed by atoms with Crippen molar-refractivity contribution in [3.63, 3.8) is 0 Å². The molecule has 0 aliphatic heterocycles. The zero-order valence-corrected chi connectivity index (χ0v) is 13.2. The monoisotopic (exact) mass is 262 g/mol. The van der Waals surface area contributed by atoms with Gasteiger partial charge < -0.3 is 11.1 Å². The Kier molecular flexibility index (Phi) is 5.86. The zero-order chi connectivity index (χ0) is 14.5. The van der Waals surface area contributed by atoms with Gasteiger partial charge >= 0.3 is 0 Å². The summed E-state index contributed by atoms with van der Waals surface area (Å²) in [6, 6.07) is 8.25. The molecule has 0 heterocycles. The quantitative estimate of drug-likeness (QED) is 0.600. The number of hydrogen-bond donors (Lipinski definition) is 2. The first kappa shape index (κ1) is 16.0. The molecular weight excluding hydrogens is 232 g/mol. The average Bonchev–Trinajstić information content (AvgIpc) is 2.33. The number of anilines is 1. The lowest BCUT2D eigenvalue weighted by atomic mass is 9.82. The van der Waals surface area contributed by atoms with Crippen LogP contribution in [0, 0.1) is 11.3 Å². The van der Waals surface area contributed by atoms with Gasteiger partial charge in [-0.3, -0.25) is 0 Å². The van der Waals surface area contributed by atoms with Crippen molar-refractivity contribution in [1.29, 1.82) is 0 Å². The standard InChI is InChI=1S/C17H30N2/c1-13(15-6-8-16(18)9-7-15)10-11-19-12-14(2)17(3,4)5/h6-9,13-14,19H,10-12,18H2,1-5H3. The number of nitrogens with two attached hydrogens (primary N) is 1. The summed E-state index contributed by atoms with van der Waals surface area (Å²) in [5.74, 6) is 1.28. The molecule has 2 unspecified atom stereocenters. The van der Waals surface area contributed by atoms with Crippen molar-refractivity contribution >= 4 is 5.69 Å². The molecule has 0 saturated heterocycles. The number of rotatable bonds is 6. The summed E-state index contributed by atoms with van der Waals surface area (Å²) >= 11 is 0. The minimum atomic E-state index is 0.384. The molecule has 0 amide bonds. The van der Waals surface area contributed by atoms with Gasteiger partial charge in [0.25, 0.3) is 0 Å². The number of hydrogen-bond acceptors (Lipinski definition) is 2. The fourth-order valence-corrected chi connectivity index (χ4v) is 1.93. The lowest BCUT2D eigenvalue weighted by Crippen LogP contribution is -2.30. The molecule has 0 aliphatic rings. The molecule has 1 aromatic carbocycles. The maximum absolute atomic E-state index is 5.71. The Balaban J connectivity index is 2.28. The Hall–Kier alpha value is -1.02. The van der Waals surface area contributed by atoms with Crippen molar-refractivity contribution in [2.24, 2.45) is 11.3 Å². The Morgan fingerprint density at radius 1 is 1.11 bits per heavy atom. The van der Waals surface area contributed by atoms with Crippen LogP contribution in [0.1, 0.15) is 52.5 Å². The first-order valence-electron chi connectivity index (χ1n) is 7.37. The first-order valence-corrected chi connectivity index (χ1v) is 7.37. The van der Waals surface area contributed by atoms with Crippen LogP contribution in [0.2, 0.25) is 0 Å². The Morgan fingerprint density at radius 3 is 2.21 bits per heavy atom. The van der Waals surface area contributed by atoms with E-state index in [0.29, 0.717) is 17.3 Å². The summed E-state index contributed by atoms with van der Waals surface area (Å²) in [4.78, 5) is 0. The van der Waals surface area contributed by atoms with Crippen LogP contribution in [0.3, 0.4) is 0 Å². The smallest absolute Gasteiger partial charge is 0.0314 e. The minimum Gasteiger partial charge on any atom is -0.399 e. The molecule has 19 heavy (non-hydrogen) atoms. The molecule has 2 heteroatoms. The predicted molar refractivity (Wildman–Crippen MR) is 85.4 cm³/mol. The number of benzene rings is 1. The molecule has 0 bridgehead atoms. The van der Waals surface area contributed by atoms with Gasteiger partial charge in [-0.25, -0.2) is 0 Å². The van der Waals surface area contributed by atoms with E-state index in [4.69, 9.17) is 5.73 Å². The molecule has 1 rings (SSSR count). The van der Waals surface area contributed by atoms with Crippen LogP contribution < -0.4 is 11.1 Å². The molecule has 3 N–H and O–H groups in total. The lowest BCUT2D eigenvalue weighted by Gasteiger charge is -2.27. The van der Waals surface area contributed by atoms with E-state index < -0.39 is 0 Å². The molecule has 0 spiro atoms. The van der Waals surface area contributed by atoms with Crippen molar-refractivity contribution in [3.05, 3.63) is 29.8 Å². The molecular formula is C17H30N2. The van der Waals surface area contributed by atoms with Crippen LogP contribution in [-0.4, -0.2) is 13.1 Å². The van der Waals surface area contributed by atoms with Crippen molar-refractivity contribution in [2.45, 2.75) is 47.0 Å². The van der Waals surface area contributed by atoms with Gasteiger partial charge in [-0.2, -0.15) is 0 Å². The first-order chi connectivity index (χ1) is 8.80. The summed E-state index contributed by atoms with van der Waals surface area (Å²) in [5, 5.41) is 3.58. The highest BCUT2D eigenvalue weighted by Gasteiger charge is 2.19. The summed E-state index contributed by atoms with van der Waals surface area (Å²) in [5.41, 5.74) is 8.31. The SMILES string of the molecule is CC(CCNCC(C)C(C)(C)C)c1ccc(N)cc1. The third kappa shape index (κ3) is 5.65. The molecule has 0 saturated carbocycles. The summed E-state index contributed by atoms with van der Waals surface area (Å²) in [6.45, 7) is 13.7. The van der Waals surface area contributed by atoms with E-state index in [1.165, 1.54) is 12.0 Å². The average molecular weight is 262 g/mol. The molecule has 0 fully saturated rings. The molecule has 0 radical (unpaired) electrons. The van der Waals surface area contributed by atoms with Gasteiger partial charge in [0.15, 0.2) is 0 Å². The van der Waals surface area contributed by atoms with E-state index >= 15 is 0 Å². The predicted octanol–water partition coefficient (Wildman–Crippen LogP) is 4.03. The fourth-order valence-electron chi connectivity index (χ4n) is 1.93. The Morgan fingerprint density at radius 2 is 1.68 bits per heavy atom. The Bertz CT molecular complexity index is 362. The van der Waals surface area contributed by atoms with E-state index in [2.05, 4.69) is 52.1 Å². The minimum absolute atomic E-state index is 0.384. The second-order valence-electron chi connectivity index (χ2n) is 6.83. The number of nitrogens with one attached hydrogen (secondary N) is 1. The maximum Gasteiger partial charge on any atom is 0.0314 e. The van der Waals surface area contributed by atoms with Crippen molar-refractivity contribution in [2.75, 3.05) is 18.8 Å². The second kappa shape index (κ2) is 6.95. The van der Waals surface area contributed by atoms with Gasteiger partial charge in [0, 0.05) is 5.69 Å². The fraction of sp³-hybridized carbons (Fsp3) is 0.647. The van der Waals surface area contributed by atoms with Crippen molar-refractivity contribution in [1.82, 2.24) is 5.32 Å².